The number of non-ortho nitro benzene ring substituents is 2. The molecule has 0 radical (unpaired) electrons. The van der Waals surface area contributed by atoms with Gasteiger partial charge in [0, 0.05) is 17.2 Å². The summed E-state index contributed by atoms with van der Waals surface area (Å²) in [6.45, 7) is 0. The van der Waals surface area contributed by atoms with Crippen LogP contribution in [-0.4, -0.2) is 18.3 Å². The molecule has 12 heteroatoms. The molecule has 0 fully saturated rings. The number of sulfonamides is 1. The Morgan fingerprint density at radius 2 is 1.46 bits per heavy atom. The average molecular weight is 392 g/mol. The summed E-state index contributed by atoms with van der Waals surface area (Å²) in [5.41, 5.74) is -1.63. The van der Waals surface area contributed by atoms with Gasteiger partial charge in [0.25, 0.3) is 21.4 Å². The highest BCUT2D eigenvalue weighted by Crippen LogP contribution is 2.30. The van der Waals surface area contributed by atoms with Gasteiger partial charge in [-0.05, 0) is 18.2 Å². The summed E-state index contributed by atoms with van der Waals surface area (Å²) in [4.78, 5) is 19.5. The van der Waals surface area contributed by atoms with Crippen molar-refractivity contribution >= 4 is 50.3 Å². The fraction of sp³-hybridized carbons (Fsp3) is 0. The van der Waals surface area contributed by atoms with Gasteiger partial charge in [0.05, 0.1) is 26.6 Å². The quantitative estimate of drug-likeness (QED) is 0.611. The molecule has 24 heavy (non-hydrogen) atoms. The van der Waals surface area contributed by atoms with Crippen molar-refractivity contribution < 1.29 is 18.3 Å². The predicted molar refractivity (Wildman–Crippen MR) is 87.0 cm³/mol. The summed E-state index contributed by atoms with van der Waals surface area (Å²) < 4.78 is 26.7. The second-order valence-corrected chi connectivity index (χ2v) is 6.93. The summed E-state index contributed by atoms with van der Waals surface area (Å²) in [7, 11) is -4.26. The molecule has 2 aromatic carbocycles. The van der Waals surface area contributed by atoms with E-state index in [0.29, 0.717) is 6.07 Å². The number of nitrogens with one attached hydrogen (secondary N) is 1. The number of anilines is 1. The minimum atomic E-state index is -4.26. The van der Waals surface area contributed by atoms with Crippen LogP contribution in [0, 0.1) is 20.2 Å². The number of rotatable bonds is 5. The average Bonchev–Trinajstić information content (AvgIpc) is 2.48. The monoisotopic (exact) mass is 391 g/mol. The molecule has 0 aliphatic carbocycles. The van der Waals surface area contributed by atoms with E-state index in [4.69, 9.17) is 23.2 Å². The lowest BCUT2D eigenvalue weighted by Crippen LogP contribution is -2.14. The summed E-state index contributed by atoms with van der Waals surface area (Å²) >= 11 is 11.5. The summed E-state index contributed by atoms with van der Waals surface area (Å²) in [6, 6.07) is 6.13. The van der Waals surface area contributed by atoms with E-state index >= 15 is 0 Å². The SMILES string of the molecule is O=[N+]([O-])c1cc(NS(=O)(=O)c2cc(Cl)ccc2Cl)cc([N+](=O)[O-])c1. The number of hydrogen-bond acceptors (Lipinski definition) is 6. The van der Waals surface area contributed by atoms with Gasteiger partial charge in [0.1, 0.15) is 4.90 Å². The first kappa shape index (κ1) is 17.9. The predicted octanol–water partition coefficient (Wildman–Crippen LogP) is 3.61. The van der Waals surface area contributed by atoms with Crippen molar-refractivity contribution in [2.75, 3.05) is 4.72 Å². The third-order valence-corrected chi connectivity index (χ3v) is 4.86. The molecule has 0 amide bonds. The number of nitro benzene ring substituents is 2. The van der Waals surface area contributed by atoms with E-state index < -0.39 is 31.2 Å². The molecular weight excluding hydrogens is 385 g/mol. The van der Waals surface area contributed by atoms with Gasteiger partial charge in [-0.25, -0.2) is 8.42 Å². The minimum Gasteiger partial charge on any atom is -0.279 e. The van der Waals surface area contributed by atoms with E-state index in [1.165, 1.54) is 12.1 Å². The van der Waals surface area contributed by atoms with E-state index in [1.54, 1.807) is 0 Å². The molecule has 0 aromatic heterocycles. The van der Waals surface area contributed by atoms with Gasteiger partial charge in [0.15, 0.2) is 0 Å². The van der Waals surface area contributed by atoms with Crippen molar-refractivity contribution in [1.82, 2.24) is 0 Å². The first-order valence-corrected chi connectivity index (χ1v) is 8.26. The van der Waals surface area contributed by atoms with Crippen molar-refractivity contribution in [2.45, 2.75) is 4.90 Å². The maximum Gasteiger partial charge on any atom is 0.278 e. The molecule has 126 valence electrons. The molecule has 0 bridgehead atoms. The molecule has 9 nitrogen and oxygen atoms in total. The van der Waals surface area contributed by atoms with Gasteiger partial charge < -0.3 is 0 Å². The van der Waals surface area contributed by atoms with Crippen LogP contribution in [-0.2, 0) is 10.0 Å². The highest BCUT2D eigenvalue weighted by molar-refractivity contribution is 7.92. The molecule has 0 aliphatic rings. The largest absolute Gasteiger partial charge is 0.279 e. The number of nitrogens with zero attached hydrogens (tertiary/aromatic N) is 2. The molecular formula is C12H7Cl2N3O6S. The van der Waals surface area contributed by atoms with Crippen molar-refractivity contribution in [3.05, 3.63) is 66.7 Å². The molecule has 0 spiro atoms. The minimum absolute atomic E-state index is 0.102. The Labute approximate surface area is 145 Å². The van der Waals surface area contributed by atoms with Crippen molar-refractivity contribution in [1.29, 1.82) is 0 Å². The van der Waals surface area contributed by atoms with Gasteiger partial charge in [-0.15, -0.1) is 0 Å². The van der Waals surface area contributed by atoms with Crippen LogP contribution in [0.5, 0.6) is 0 Å². The van der Waals surface area contributed by atoms with E-state index in [-0.39, 0.29) is 20.6 Å². The molecule has 2 aromatic rings. The van der Waals surface area contributed by atoms with Crippen LogP contribution in [0.2, 0.25) is 10.0 Å². The molecule has 0 heterocycles. The third kappa shape index (κ3) is 3.91. The van der Waals surface area contributed by atoms with Gasteiger partial charge >= 0.3 is 0 Å². The van der Waals surface area contributed by atoms with Crippen LogP contribution in [0.25, 0.3) is 0 Å². The highest BCUT2D eigenvalue weighted by atomic mass is 35.5. The van der Waals surface area contributed by atoms with Crippen LogP contribution in [0.1, 0.15) is 0 Å². The molecule has 0 atom stereocenters. The van der Waals surface area contributed by atoms with Crippen molar-refractivity contribution in [3.8, 4) is 0 Å². The van der Waals surface area contributed by atoms with Gasteiger partial charge in [-0.1, -0.05) is 23.2 Å². The van der Waals surface area contributed by atoms with Crippen LogP contribution in [0.3, 0.4) is 0 Å². The van der Waals surface area contributed by atoms with E-state index in [9.17, 15) is 28.6 Å². The van der Waals surface area contributed by atoms with Crippen LogP contribution >= 0.6 is 23.2 Å². The number of halogens is 2. The van der Waals surface area contributed by atoms with Gasteiger partial charge in [-0.3, -0.25) is 25.0 Å². The standard InChI is InChI=1S/C12H7Cl2N3O6S/c13-7-1-2-11(14)12(3-7)24(22,23)15-8-4-9(16(18)19)6-10(5-8)17(20)21/h1-6,15H. The lowest BCUT2D eigenvalue weighted by molar-refractivity contribution is -0.394. The maximum atomic E-state index is 12.3. The zero-order chi connectivity index (χ0) is 18.1. The molecule has 0 saturated carbocycles. The molecule has 0 unspecified atom stereocenters. The smallest absolute Gasteiger partial charge is 0.278 e. The summed E-state index contributed by atoms with van der Waals surface area (Å²) in [5, 5.41) is 21.6. The van der Waals surface area contributed by atoms with E-state index in [0.717, 1.165) is 18.2 Å². The molecule has 0 aliphatic heterocycles. The first-order chi connectivity index (χ1) is 11.1. The Hall–Kier alpha value is -2.43. The normalized spacial score (nSPS) is 11.1. The van der Waals surface area contributed by atoms with Crippen LogP contribution < -0.4 is 4.72 Å². The van der Waals surface area contributed by atoms with Crippen molar-refractivity contribution in [3.63, 3.8) is 0 Å². The lowest BCUT2D eigenvalue weighted by atomic mass is 10.2. The van der Waals surface area contributed by atoms with Gasteiger partial charge in [-0.2, -0.15) is 0 Å². The zero-order valence-electron chi connectivity index (χ0n) is 11.5. The highest BCUT2D eigenvalue weighted by Gasteiger charge is 2.22. The molecule has 2 rings (SSSR count). The fourth-order valence-corrected chi connectivity index (χ4v) is 3.56. The molecule has 0 saturated heterocycles. The Kier molecular flexibility index (Phi) is 4.92. The van der Waals surface area contributed by atoms with E-state index in [2.05, 4.69) is 0 Å². The Morgan fingerprint density at radius 3 is 1.96 bits per heavy atom. The Morgan fingerprint density at radius 1 is 0.917 bits per heavy atom. The van der Waals surface area contributed by atoms with Gasteiger partial charge in [0.2, 0.25) is 0 Å². The Bertz CT molecular complexity index is 916. The van der Waals surface area contributed by atoms with Crippen LogP contribution in [0.15, 0.2) is 41.3 Å². The second-order valence-electron chi connectivity index (χ2n) is 4.43. The molecule has 1 N–H and O–H groups in total. The Balaban J connectivity index is 2.51. The third-order valence-electron chi connectivity index (χ3n) is 2.76. The van der Waals surface area contributed by atoms with E-state index in [1.807, 2.05) is 4.72 Å². The number of hydrogen-bond donors (Lipinski definition) is 1. The topological polar surface area (TPSA) is 132 Å². The summed E-state index contributed by atoms with van der Waals surface area (Å²) in [6.07, 6.45) is 0. The number of benzene rings is 2. The fourth-order valence-electron chi connectivity index (χ4n) is 1.76. The van der Waals surface area contributed by atoms with Crippen molar-refractivity contribution in [2.24, 2.45) is 0 Å². The second kappa shape index (κ2) is 6.59. The first-order valence-electron chi connectivity index (χ1n) is 6.02. The lowest BCUT2D eigenvalue weighted by Gasteiger charge is -2.10. The van der Waals surface area contributed by atoms with Crippen LogP contribution in [0.4, 0.5) is 17.1 Å². The maximum absolute atomic E-state index is 12.3. The summed E-state index contributed by atoms with van der Waals surface area (Å²) in [5.74, 6) is 0. The number of nitro groups is 2. The zero-order valence-corrected chi connectivity index (χ0v) is 13.8.